The molecule has 0 spiro atoms. The van der Waals surface area contributed by atoms with E-state index in [1.807, 2.05) is 11.8 Å². The third-order valence-corrected chi connectivity index (χ3v) is 4.38. The van der Waals surface area contributed by atoms with Gasteiger partial charge in [-0.05, 0) is 36.1 Å². The van der Waals surface area contributed by atoms with Gasteiger partial charge < -0.3 is 11.1 Å². The Morgan fingerprint density at radius 2 is 2.18 bits per heavy atom. The van der Waals surface area contributed by atoms with Crippen LogP contribution >= 0.6 is 11.8 Å². The molecule has 3 heteroatoms. The minimum absolute atomic E-state index is 0.226. The third-order valence-electron chi connectivity index (χ3n) is 3.16. The first-order valence-electron chi connectivity index (χ1n) is 6.24. The van der Waals surface area contributed by atoms with Gasteiger partial charge in [0.05, 0.1) is 0 Å². The van der Waals surface area contributed by atoms with Gasteiger partial charge in [-0.25, -0.2) is 0 Å². The van der Waals surface area contributed by atoms with Gasteiger partial charge in [0, 0.05) is 22.4 Å². The predicted octanol–water partition coefficient (Wildman–Crippen LogP) is 3.22. The van der Waals surface area contributed by atoms with Crippen LogP contribution in [0, 0.1) is 0 Å². The van der Waals surface area contributed by atoms with Crippen LogP contribution in [0.2, 0.25) is 0 Å². The second-order valence-electron chi connectivity index (χ2n) is 5.69. The zero-order chi connectivity index (χ0) is 12.5. The van der Waals surface area contributed by atoms with Gasteiger partial charge in [-0.3, -0.25) is 0 Å². The topological polar surface area (TPSA) is 38.0 Å². The van der Waals surface area contributed by atoms with Crippen LogP contribution in [0.4, 0.5) is 5.69 Å². The Hall–Kier alpha value is -0.670. The lowest BCUT2D eigenvalue weighted by atomic mass is 9.87. The summed E-state index contributed by atoms with van der Waals surface area (Å²) in [5.74, 6) is 1.12. The molecule has 1 aliphatic heterocycles. The van der Waals surface area contributed by atoms with E-state index in [1.165, 1.54) is 16.1 Å². The molecule has 0 fully saturated rings. The summed E-state index contributed by atoms with van der Waals surface area (Å²) in [5, 5.41) is 3.58. The van der Waals surface area contributed by atoms with Crippen LogP contribution in [0.3, 0.4) is 0 Å². The summed E-state index contributed by atoms with van der Waals surface area (Å²) >= 11 is 1.95. The number of hydrogen-bond acceptors (Lipinski definition) is 3. The number of hydrogen-bond donors (Lipinski definition) is 2. The highest BCUT2D eigenvalue weighted by atomic mass is 32.2. The minimum Gasteiger partial charge on any atom is -0.381 e. The second kappa shape index (κ2) is 4.91. The smallest absolute Gasteiger partial charge is 0.0481 e. The van der Waals surface area contributed by atoms with Crippen molar-refractivity contribution in [2.45, 2.75) is 43.5 Å². The summed E-state index contributed by atoms with van der Waals surface area (Å²) in [6, 6.07) is 7.30. The molecule has 0 saturated heterocycles. The zero-order valence-electron chi connectivity index (χ0n) is 10.9. The van der Waals surface area contributed by atoms with Gasteiger partial charge in [-0.1, -0.05) is 26.8 Å². The Morgan fingerprint density at radius 3 is 2.82 bits per heavy atom. The van der Waals surface area contributed by atoms with Crippen molar-refractivity contribution in [1.29, 1.82) is 0 Å². The highest BCUT2D eigenvalue weighted by molar-refractivity contribution is 7.99. The summed E-state index contributed by atoms with van der Waals surface area (Å²) < 4.78 is 0. The molecule has 0 aliphatic carbocycles. The highest BCUT2D eigenvalue weighted by Crippen LogP contribution is 2.37. The molecule has 2 rings (SSSR count). The van der Waals surface area contributed by atoms with Crippen molar-refractivity contribution in [3.05, 3.63) is 23.8 Å². The largest absolute Gasteiger partial charge is 0.381 e. The van der Waals surface area contributed by atoms with Crippen molar-refractivity contribution >= 4 is 17.4 Å². The number of thioether (sulfide) groups is 1. The van der Waals surface area contributed by atoms with Crippen LogP contribution in [0.15, 0.2) is 23.1 Å². The van der Waals surface area contributed by atoms with Crippen molar-refractivity contribution in [3.8, 4) is 0 Å². The lowest BCUT2D eigenvalue weighted by molar-refractivity contribution is 0.588. The molecule has 0 aromatic heterocycles. The van der Waals surface area contributed by atoms with Crippen LogP contribution in [0.1, 0.15) is 32.8 Å². The Morgan fingerprint density at radius 1 is 1.41 bits per heavy atom. The summed E-state index contributed by atoms with van der Waals surface area (Å²) in [6.07, 6.45) is 1.05. The lowest BCUT2D eigenvalue weighted by Crippen LogP contribution is -2.28. The number of anilines is 1. The predicted molar refractivity (Wildman–Crippen MR) is 76.9 cm³/mol. The number of nitrogens with one attached hydrogen (secondary N) is 1. The van der Waals surface area contributed by atoms with E-state index in [9.17, 15) is 0 Å². The standard InChI is InChI=1S/C14H22N2S/c1-14(2,3)10-4-5-12-13(8-10)17-9-11(16-12)6-7-15/h4-5,8,11,16H,6-7,9,15H2,1-3H3. The van der Waals surface area contributed by atoms with Gasteiger partial charge in [-0.15, -0.1) is 11.8 Å². The molecule has 17 heavy (non-hydrogen) atoms. The van der Waals surface area contributed by atoms with E-state index in [-0.39, 0.29) is 5.41 Å². The van der Waals surface area contributed by atoms with Gasteiger partial charge in [0.15, 0.2) is 0 Å². The maximum absolute atomic E-state index is 5.61. The Labute approximate surface area is 108 Å². The molecule has 1 aromatic carbocycles. The molecule has 1 aromatic rings. The Balaban J connectivity index is 2.20. The molecular weight excluding hydrogens is 228 g/mol. The molecule has 1 heterocycles. The van der Waals surface area contributed by atoms with Crippen molar-refractivity contribution < 1.29 is 0 Å². The van der Waals surface area contributed by atoms with E-state index < -0.39 is 0 Å². The summed E-state index contributed by atoms with van der Waals surface area (Å²) in [5.41, 5.74) is 8.51. The van der Waals surface area contributed by atoms with Crippen LogP contribution in [-0.4, -0.2) is 18.3 Å². The van der Waals surface area contributed by atoms with Gasteiger partial charge in [0.25, 0.3) is 0 Å². The van der Waals surface area contributed by atoms with Gasteiger partial charge in [-0.2, -0.15) is 0 Å². The van der Waals surface area contributed by atoms with E-state index in [2.05, 4.69) is 44.3 Å². The fraction of sp³-hybridized carbons (Fsp3) is 0.571. The Bertz CT molecular complexity index is 396. The summed E-state index contributed by atoms with van der Waals surface area (Å²) in [7, 11) is 0. The average molecular weight is 250 g/mol. The number of nitrogens with two attached hydrogens (primary N) is 1. The van der Waals surface area contributed by atoms with Crippen molar-refractivity contribution in [2.24, 2.45) is 5.73 Å². The van der Waals surface area contributed by atoms with E-state index >= 15 is 0 Å². The van der Waals surface area contributed by atoms with E-state index in [1.54, 1.807) is 0 Å². The molecule has 1 aliphatic rings. The maximum Gasteiger partial charge on any atom is 0.0481 e. The third kappa shape index (κ3) is 2.96. The van der Waals surface area contributed by atoms with E-state index in [0.717, 1.165) is 18.7 Å². The van der Waals surface area contributed by atoms with Crippen molar-refractivity contribution in [3.63, 3.8) is 0 Å². The summed E-state index contributed by atoms with van der Waals surface area (Å²) in [4.78, 5) is 1.38. The highest BCUT2D eigenvalue weighted by Gasteiger charge is 2.20. The van der Waals surface area contributed by atoms with Gasteiger partial charge in [0.2, 0.25) is 0 Å². The second-order valence-corrected chi connectivity index (χ2v) is 6.75. The number of rotatable bonds is 2. The fourth-order valence-corrected chi connectivity index (χ4v) is 3.16. The number of benzene rings is 1. The van der Waals surface area contributed by atoms with Crippen molar-refractivity contribution in [1.82, 2.24) is 0 Å². The average Bonchev–Trinajstić information content (AvgIpc) is 2.27. The van der Waals surface area contributed by atoms with Crippen LogP contribution < -0.4 is 11.1 Å². The molecule has 0 amide bonds. The zero-order valence-corrected chi connectivity index (χ0v) is 11.7. The molecule has 94 valence electrons. The monoisotopic (exact) mass is 250 g/mol. The van der Waals surface area contributed by atoms with E-state index in [0.29, 0.717) is 6.04 Å². The molecule has 3 N–H and O–H groups in total. The lowest BCUT2D eigenvalue weighted by Gasteiger charge is -2.28. The first kappa shape index (κ1) is 12.8. The molecule has 0 saturated carbocycles. The summed E-state index contributed by atoms with van der Waals surface area (Å²) in [6.45, 7) is 7.53. The van der Waals surface area contributed by atoms with E-state index in [4.69, 9.17) is 5.73 Å². The Kier molecular flexibility index (Phi) is 3.69. The van der Waals surface area contributed by atoms with Gasteiger partial charge >= 0.3 is 0 Å². The first-order valence-corrected chi connectivity index (χ1v) is 7.23. The normalized spacial score (nSPS) is 19.6. The molecule has 0 bridgehead atoms. The SMILES string of the molecule is CC(C)(C)c1ccc2c(c1)SCC(CCN)N2. The maximum atomic E-state index is 5.61. The first-order chi connectivity index (χ1) is 8.00. The van der Waals surface area contributed by atoms with Crippen LogP contribution in [0.25, 0.3) is 0 Å². The minimum atomic E-state index is 0.226. The molecule has 2 nitrogen and oxygen atoms in total. The van der Waals surface area contributed by atoms with Gasteiger partial charge in [0.1, 0.15) is 0 Å². The van der Waals surface area contributed by atoms with Crippen molar-refractivity contribution in [2.75, 3.05) is 17.6 Å². The molecule has 1 atom stereocenters. The molecule has 0 radical (unpaired) electrons. The number of fused-ring (bicyclic) bond motifs is 1. The van der Waals surface area contributed by atoms with Crippen LogP contribution in [0.5, 0.6) is 0 Å². The fourth-order valence-electron chi connectivity index (χ4n) is 2.04. The molecule has 1 unspecified atom stereocenters. The molecular formula is C14H22N2S. The van der Waals surface area contributed by atoms with Crippen LogP contribution in [-0.2, 0) is 5.41 Å². The quantitative estimate of drug-likeness (QED) is 0.846.